The number of hydrogen-bond acceptors (Lipinski definition) is 5. The predicted molar refractivity (Wildman–Crippen MR) is 62.6 cm³/mol. The number of carbonyl (C=O) groups is 1. The third-order valence-corrected chi connectivity index (χ3v) is 2.53. The predicted octanol–water partition coefficient (Wildman–Crippen LogP) is 1.21. The van der Waals surface area contributed by atoms with Crippen molar-refractivity contribution in [3.63, 3.8) is 0 Å². The highest BCUT2D eigenvalue weighted by Crippen LogP contribution is 2.43. The summed E-state index contributed by atoms with van der Waals surface area (Å²) in [6, 6.07) is 1.61. The van der Waals surface area contributed by atoms with Gasteiger partial charge >= 0.3 is 0 Å². The Morgan fingerprint density at radius 1 is 1.41 bits per heavy atom. The molecule has 17 heavy (non-hydrogen) atoms. The first-order chi connectivity index (χ1) is 8.21. The molecule has 0 aromatic heterocycles. The zero-order valence-corrected chi connectivity index (χ0v) is 9.60. The van der Waals surface area contributed by atoms with E-state index in [0.29, 0.717) is 28.4 Å². The van der Waals surface area contributed by atoms with E-state index in [9.17, 15) is 4.79 Å². The molecular formula is C12H13NO4. The van der Waals surface area contributed by atoms with Crippen LogP contribution in [0.25, 0.3) is 6.08 Å². The van der Waals surface area contributed by atoms with E-state index in [0.717, 1.165) is 6.29 Å². The molecule has 1 aliphatic heterocycles. The van der Waals surface area contributed by atoms with Crippen molar-refractivity contribution in [2.24, 2.45) is 5.73 Å². The molecule has 0 aliphatic carbocycles. The van der Waals surface area contributed by atoms with Gasteiger partial charge in [0, 0.05) is 11.1 Å². The molecular weight excluding hydrogens is 222 g/mol. The van der Waals surface area contributed by atoms with Gasteiger partial charge in [-0.2, -0.15) is 0 Å². The summed E-state index contributed by atoms with van der Waals surface area (Å²) in [5, 5.41) is 0. The summed E-state index contributed by atoms with van der Waals surface area (Å²) in [5.74, 6) is 1.31. The van der Waals surface area contributed by atoms with Crippen LogP contribution in [0.2, 0.25) is 0 Å². The van der Waals surface area contributed by atoms with Gasteiger partial charge in [0.2, 0.25) is 5.75 Å². The number of fused-ring (bicyclic) bond motifs is 1. The summed E-state index contributed by atoms with van der Waals surface area (Å²) in [4.78, 5) is 11.0. The third kappa shape index (κ3) is 1.85. The lowest BCUT2D eigenvalue weighted by molar-refractivity contribution is 0.112. The second-order valence-corrected chi connectivity index (χ2v) is 3.50. The molecule has 0 bridgehead atoms. The number of nitrogens with two attached hydrogens (primary N) is 1. The number of aldehydes is 1. The number of rotatable bonds is 3. The van der Waals surface area contributed by atoms with E-state index in [1.165, 1.54) is 14.2 Å². The average molecular weight is 235 g/mol. The van der Waals surface area contributed by atoms with Gasteiger partial charge in [-0.15, -0.1) is 0 Å². The van der Waals surface area contributed by atoms with E-state index in [1.807, 2.05) is 0 Å². The molecule has 2 rings (SSSR count). The first-order valence-corrected chi connectivity index (χ1v) is 5.05. The highest BCUT2D eigenvalue weighted by atomic mass is 16.5. The van der Waals surface area contributed by atoms with Gasteiger partial charge in [-0.25, -0.2) is 0 Å². The molecule has 1 heterocycles. The maximum absolute atomic E-state index is 11.0. The zero-order valence-electron chi connectivity index (χ0n) is 9.60. The molecule has 0 saturated carbocycles. The van der Waals surface area contributed by atoms with Gasteiger partial charge in [0.15, 0.2) is 24.0 Å². The quantitative estimate of drug-likeness (QED) is 0.797. The van der Waals surface area contributed by atoms with Crippen LogP contribution >= 0.6 is 0 Å². The van der Waals surface area contributed by atoms with Crippen LogP contribution in [-0.2, 0) is 0 Å². The number of methoxy groups -OCH3 is 2. The highest BCUT2D eigenvalue weighted by Gasteiger charge is 2.23. The molecule has 0 amide bonds. The molecule has 5 nitrogen and oxygen atoms in total. The molecule has 1 unspecified atom stereocenters. The van der Waals surface area contributed by atoms with Crippen molar-refractivity contribution in [2.45, 2.75) is 6.23 Å². The van der Waals surface area contributed by atoms with Gasteiger partial charge in [0.05, 0.1) is 14.2 Å². The van der Waals surface area contributed by atoms with E-state index >= 15 is 0 Å². The summed E-state index contributed by atoms with van der Waals surface area (Å²) in [7, 11) is 3.00. The van der Waals surface area contributed by atoms with Crippen LogP contribution in [0.5, 0.6) is 17.2 Å². The molecule has 0 saturated heterocycles. The number of hydrogen-bond donors (Lipinski definition) is 1. The first kappa shape index (κ1) is 11.5. The molecule has 1 aromatic rings. The summed E-state index contributed by atoms with van der Waals surface area (Å²) < 4.78 is 15.8. The molecule has 90 valence electrons. The van der Waals surface area contributed by atoms with Gasteiger partial charge in [-0.3, -0.25) is 10.5 Å². The van der Waals surface area contributed by atoms with E-state index < -0.39 is 6.23 Å². The normalized spacial score (nSPS) is 17.0. The largest absolute Gasteiger partial charge is 0.493 e. The molecule has 0 radical (unpaired) electrons. The van der Waals surface area contributed by atoms with E-state index in [-0.39, 0.29) is 0 Å². The number of ether oxygens (including phenoxy) is 3. The Kier molecular flexibility index (Phi) is 3.01. The van der Waals surface area contributed by atoms with E-state index in [1.54, 1.807) is 18.2 Å². The van der Waals surface area contributed by atoms with Crippen LogP contribution in [0.15, 0.2) is 12.1 Å². The molecule has 0 spiro atoms. The van der Waals surface area contributed by atoms with Crippen LogP contribution in [0.3, 0.4) is 0 Å². The van der Waals surface area contributed by atoms with E-state index in [2.05, 4.69) is 0 Å². The van der Waals surface area contributed by atoms with Crippen molar-refractivity contribution in [1.82, 2.24) is 0 Å². The Morgan fingerprint density at radius 3 is 2.76 bits per heavy atom. The lowest BCUT2D eigenvalue weighted by atomic mass is 10.0. The highest BCUT2D eigenvalue weighted by molar-refractivity contribution is 5.87. The first-order valence-electron chi connectivity index (χ1n) is 5.05. The van der Waals surface area contributed by atoms with Crippen LogP contribution in [-0.4, -0.2) is 26.7 Å². The Morgan fingerprint density at radius 2 is 2.18 bits per heavy atom. The number of carbonyl (C=O) groups excluding carboxylic acids is 1. The van der Waals surface area contributed by atoms with Gasteiger partial charge in [-0.1, -0.05) is 0 Å². The molecule has 1 aromatic carbocycles. The van der Waals surface area contributed by atoms with Crippen LogP contribution in [0.4, 0.5) is 0 Å². The second kappa shape index (κ2) is 4.47. The van der Waals surface area contributed by atoms with Gasteiger partial charge < -0.3 is 14.2 Å². The van der Waals surface area contributed by atoms with Crippen LogP contribution < -0.4 is 19.9 Å². The lowest BCUT2D eigenvalue weighted by Gasteiger charge is -2.22. The fraction of sp³-hybridized carbons (Fsp3) is 0.250. The lowest BCUT2D eigenvalue weighted by Crippen LogP contribution is -2.27. The third-order valence-electron chi connectivity index (χ3n) is 2.53. The van der Waals surface area contributed by atoms with Crippen molar-refractivity contribution in [3.8, 4) is 17.2 Å². The average Bonchev–Trinajstić information content (AvgIpc) is 2.36. The topological polar surface area (TPSA) is 70.8 Å². The Bertz CT molecular complexity index is 482. The van der Waals surface area contributed by atoms with Crippen molar-refractivity contribution in [2.75, 3.05) is 14.2 Å². The standard InChI is InChI=1S/C12H13NO4/c1-15-9-5-7(6-14)8-3-4-10(13)17-11(8)12(9)16-2/h3-6,10H,13H2,1-2H3. The van der Waals surface area contributed by atoms with Crippen molar-refractivity contribution >= 4 is 12.4 Å². The second-order valence-electron chi connectivity index (χ2n) is 3.50. The minimum Gasteiger partial charge on any atom is -0.493 e. The molecule has 1 aliphatic rings. The molecule has 5 heteroatoms. The fourth-order valence-electron chi connectivity index (χ4n) is 1.75. The maximum Gasteiger partial charge on any atom is 0.204 e. The summed E-state index contributed by atoms with van der Waals surface area (Å²) in [5.41, 5.74) is 6.79. The molecule has 0 fully saturated rings. The minimum atomic E-state index is -0.553. The monoisotopic (exact) mass is 235 g/mol. The maximum atomic E-state index is 11.0. The van der Waals surface area contributed by atoms with Gasteiger partial charge in [0.25, 0.3) is 0 Å². The Labute approximate surface area is 98.8 Å². The van der Waals surface area contributed by atoms with Crippen molar-refractivity contribution in [1.29, 1.82) is 0 Å². The van der Waals surface area contributed by atoms with E-state index in [4.69, 9.17) is 19.9 Å². The molecule has 1 atom stereocenters. The van der Waals surface area contributed by atoms with Crippen molar-refractivity contribution < 1.29 is 19.0 Å². The SMILES string of the molecule is COc1cc(C=O)c2c(c1OC)OC(N)C=C2. The fourth-order valence-corrected chi connectivity index (χ4v) is 1.75. The van der Waals surface area contributed by atoms with Crippen LogP contribution in [0, 0.1) is 0 Å². The zero-order chi connectivity index (χ0) is 12.4. The number of benzene rings is 1. The Hall–Kier alpha value is -2.01. The summed E-state index contributed by atoms with van der Waals surface area (Å²) >= 11 is 0. The summed E-state index contributed by atoms with van der Waals surface area (Å²) in [6.45, 7) is 0. The van der Waals surface area contributed by atoms with Gasteiger partial charge in [0.1, 0.15) is 0 Å². The van der Waals surface area contributed by atoms with Crippen molar-refractivity contribution in [3.05, 3.63) is 23.3 Å². The molecule has 2 N–H and O–H groups in total. The van der Waals surface area contributed by atoms with Crippen LogP contribution in [0.1, 0.15) is 15.9 Å². The summed E-state index contributed by atoms with van der Waals surface area (Å²) in [6.07, 6.45) is 3.60. The smallest absolute Gasteiger partial charge is 0.204 e. The minimum absolute atomic E-state index is 0.434. The Balaban J connectivity index is 2.69. The van der Waals surface area contributed by atoms with Gasteiger partial charge in [-0.05, 0) is 18.2 Å².